The Morgan fingerprint density at radius 3 is 2.57 bits per heavy atom. The van der Waals surface area contributed by atoms with Crippen LogP contribution in [0.25, 0.3) is 0 Å². The largest absolute Gasteiger partial charge is 0.347 e. The standard InChI is InChI=1S/C17H21ClN4O/c1-4-22(5-2)17-20-12(3)10-15(21-17)16(23)19-11-13-8-6-7-9-14(13)18/h6-10H,4-5,11H2,1-3H3,(H,19,23). The van der Waals surface area contributed by atoms with E-state index in [9.17, 15) is 4.79 Å². The lowest BCUT2D eigenvalue weighted by molar-refractivity contribution is 0.0945. The van der Waals surface area contributed by atoms with Crippen LogP contribution < -0.4 is 10.2 Å². The summed E-state index contributed by atoms with van der Waals surface area (Å²) in [6.07, 6.45) is 0. The average Bonchev–Trinajstić information content (AvgIpc) is 2.54. The number of carbonyl (C=O) groups is 1. The molecule has 0 radical (unpaired) electrons. The minimum absolute atomic E-state index is 0.233. The second-order valence-electron chi connectivity index (χ2n) is 5.14. The van der Waals surface area contributed by atoms with Gasteiger partial charge in [-0.2, -0.15) is 0 Å². The number of aromatic nitrogens is 2. The summed E-state index contributed by atoms with van der Waals surface area (Å²) in [7, 11) is 0. The molecule has 0 aliphatic rings. The van der Waals surface area contributed by atoms with Crippen LogP contribution in [0.15, 0.2) is 30.3 Å². The molecule has 0 saturated heterocycles. The van der Waals surface area contributed by atoms with Gasteiger partial charge in [-0.05, 0) is 38.5 Å². The van der Waals surface area contributed by atoms with Crippen molar-refractivity contribution in [2.45, 2.75) is 27.3 Å². The maximum absolute atomic E-state index is 12.4. The molecule has 0 fully saturated rings. The molecule has 122 valence electrons. The summed E-state index contributed by atoms with van der Waals surface area (Å²) in [6, 6.07) is 9.12. The summed E-state index contributed by atoms with van der Waals surface area (Å²) in [4.78, 5) is 23.2. The maximum atomic E-state index is 12.4. The highest BCUT2D eigenvalue weighted by Crippen LogP contribution is 2.15. The summed E-state index contributed by atoms with van der Waals surface area (Å²) >= 11 is 6.10. The van der Waals surface area contributed by atoms with E-state index in [0.717, 1.165) is 24.3 Å². The first-order valence-corrected chi connectivity index (χ1v) is 8.05. The first-order chi connectivity index (χ1) is 11.0. The number of hydrogen-bond donors (Lipinski definition) is 1. The normalized spacial score (nSPS) is 10.4. The SMILES string of the molecule is CCN(CC)c1nc(C)cc(C(=O)NCc2ccccc2Cl)n1. The van der Waals surface area contributed by atoms with E-state index in [1.54, 1.807) is 12.1 Å². The molecule has 0 aliphatic heterocycles. The lowest BCUT2D eigenvalue weighted by Crippen LogP contribution is -2.28. The predicted octanol–water partition coefficient (Wildman–Crippen LogP) is 3.21. The molecule has 0 spiro atoms. The van der Waals surface area contributed by atoms with Gasteiger partial charge in [0.25, 0.3) is 5.91 Å². The number of aryl methyl sites for hydroxylation is 1. The molecule has 5 nitrogen and oxygen atoms in total. The van der Waals surface area contributed by atoms with Crippen LogP contribution >= 0.6 is 11.6 Å². The Morgan fingerprint density at radius 2 is 1.91 bits per heavy atom. The first-order valence-electron chi connectivity index (χ1n) is 7.67. The van der Waals surface area contributed by atoms with Crippen molar-refractivity contribution in [3.8, 4) is 0 Å². The molecule has 1 heterocycles. The zero-order valence-corrected chi connectivity index (χ0v) is 14.4. The summed E-state index contributed by atoms with van der Waals surface area (Å²) in [5.74, 6) is 0.349. The van der Waals surface area contributed by atoms with Gasteiger partial charge in [-0.3, -0.25) is 4.79 Å². The van der Waals surface area contributed by atoms with Crippen LogP contribution in [0, 0.1) is 6.92 Å². The number of amides is 1. The van der Waals surface area contributed by atoms with E-state index in [4.69, 9.17) is 11.6 Å². The van der Waals surface area contributed by atoms with Gasteiger partial charge in [-0.1, -0.05) is 29.8 Å². The van der Waals surface area contributed by atoms with Crippen LogP contribution in [0.5, 0.6) is 0 Å². The molecule has 0 atom stereocenters. The van der Waals surface area contributed by atoms with Crippen molar-refractivity contribution in [2.24, 2.45) is 0 Å². The number of carbonyl (C=O) groups excluding carboxylic acids is 1. The number of nitrogens with one attached hydrogen (secondary N) is 1. The average molecular weight is 333 g/mol. The Bertz CT molecular complexity index is 686. The molecule has 6 heteroatoms. The van der Waals surface area contributed by atoms with E-state index >= 15 is 0 Å². The lowest BCUT2D eigenvalue weighted by atomic mass is 10.2. The fraction of sp³-hybridized carbons (Fsp3) is 0.353. The number of anilines is 1. The second kappa shape index (κ2) is 7.92. The van der Waals surface area contributed by atoms with Gasteiger partial charge in [-0.25, -0.2) is 9.97 Å². The Balaban J connectivity index is 2.14. The molecular formula is C17H21ClN4O. The molecule has 2 rings (SSSR count). The molecule has 0 unspecified atom stereocenters. The number of rotatable bonds is 6. The molecule has 1 N–H and O–H groups in total. The van der Waals surface area contributed by atoms with Crippen LogP contribution in [0.2, 0.25) is 5.02 Å². The van der Waals surface area contributed by atoms with Crippen LogP contribution in [-0.2, 0) is 6.54 Å². The van der Waals surface area contributed by atoms with Crippen LogP contribution in [-0.4, -0.2) is 29.0 Å². The van der Waals surface area contributed by atoms with Crippen LogP contribution in [0.4, 0.5) is 5.95 Å². The lowest BCUT2D eigenvalue weighted by Gasteiger charge is -2.19. The predicted molar refractivity (Wildman–Crippen MR) is 93.0 cm³/mol. The number of benzene rings is 1. The van der Waals surface area contributed by atoms with Crippen molar-refractivity contribution >= 4 is 23.5 Å². The van der Waals surface area contributed by atoms with Crippen LogP contribution in [0.1, 0.15) is 35.6 Å². The Morgan fingerprint density at radius 1 is 1.22 bits per heavy atom. The summed E-state index contributed by atoms with van der Waals surface area (Å²) < 4.78 is 0. The van der Waals surface area contributed by atoms with E-state index < -0.39 is 0 Å². The highest BCUT2D eigenvalue weighted by Gasteiger charge is 2.13. The van der Waals surface area contributed by atoms with E-state index in [2.05, 4.69) is 15.3 Å². The molecule has 1 aromatic heterocycles. The smallest absolute Gasteiger partial charge is 0.270 e. The second-order valence-corrected chi connectivity index (χ2v) is 5.55. The first kappa shape index (κ1) is 17.2. The van der Waals surface area contributed by atoms with Gasteiger partial charge in [0.2, 0.25) is 5.95 Å². The fourth-order valence-electron chi connectivity index (χ4n) is 2.22. The molecule has 0 saturated carbocycles. The van der Waals surface area contributed by atoms with Crippen molar-refractivity contribution in [3.63, 3.8) is 0 Å². The van der Waals surface area contributed by atoms with Crippen molar-refractivity contribution in [3.05, 3.63) is 52.3 Å². The summed E-state index contributed by atoms with van der Waals surface area (Å²) in [5.41, 5.74) is 2.01. The number of hydrogen-bond acceptors (Lipinski definition) is 4. The Labute approximate surface area is 141 Å². The van der Waals surface area contributed by atoms with Gasteiger partial charge in [0, 0.05) is 30.4 Å². The molecule has 0 aliphatic carbocycles. The third-order valence-corrected chi connectivity index (χ3v) is 3.89. The highest BCUT2D eigenvalue weighted by atomic mass is 35.5. The maximum Gasteiger partial charge on any atom is 0.270 e. The van der Waals surface area contributed by atoms with Gasteiger partial charge in [0.05, 0.1) is 0 Å². The van der Waals surface area contributed by atoms with Crippen molar-refractivity contribution in [1.29, 1.82) is 0 Å². The third-order valence-electron chi connectivity index (χ3n) is 3.52. The number of halogens is 1. The van der Waals surface area contributed by atoms with E-state index in [1.165, 1.54) is 0 Å². The van der Waals surface area contributed by atoms with E-state index in [-0.39, 0.29) is 5.91 Å². The van der Waals surface area contributed by atoms with Crippen molar-refractivity contribution < 1.29 is 4.79 Å². The Kier molecular flexibility index (Phi) is 5.93. The van der Waals surface area contributed by atoms with E-state index in [0.29, 0.717) is 23.2 Å². The zero-order valence-electron chi connectivity index (χ0n) is 13.6. The Hall–Kier alpha value is -2.14. The molecule has 1 aromatic carbocycles. The topological polar surface area (TPSA) is 58.1 Å². The molecule has 23 heavy (non-hydrogen) atoms. The molecular weight excluding hydrogens is 312 g/mol. The quantitative estimate of drug-likeness (QED) is 0.882. The third kappa shape index (κ3) is 4.42. The molecule has 2 aromatic rings. The summed E-state index contributed by atoms with van der Waals surface area (Å²) in [6.45, 7) is 7.88. The zero-order chi connectivity index (χ0) is 16.8. The van der Waals surface area contributed by atoms with Crippen molar-refractivity contribution in [2.75, 3.05) is 18.0 Å². The van der Waals surface area contributed by atoms with Gasteiger partial charge in [-0.15, -0.1) is 0 Å². The van der Waals surface area contributed by atoms with Gasteiger partial charge >= 0.3 is 0 Å². The molecule has 0 bridgehead atoms. The van der Waals surface area contributed by atoms with Gasteiger partial charge in [0.1, 0.15) is 5.69 Å². The minimum Gasteiger partial charge on any atom is -0.347 e. The van der Waals surface area contributed by atoms with E-state index in [1.807, 2.05) is 43.9 Å². The highest BCUT2D eigenvalue weighted by molar-refractivity contribution is 6.31. The number of nitrogens with zero attached hydrogens (tertiary/aromatic N) is 3. The summed E-state index contributed by atoms with van der Waals surface area (Å²) in [5, 5.41) is 3.49. The monoisotopic (exact) mass is 332 g/mol. The fourth-order valence-corrected chi connectivity index (χ4v) is 2.43. The van der Waals surface area contributed by atoms with Crippen LogP contribution in [0.3, 0.4) is 0 Å². The minimum atomic E-state index is -0.233. The van der Waals surface area contributed by atoms with Gasteiger partial charge in [0.15, 0.2) is 0 Å². The van der Waals surface area contributed by atoms with Gasteiger partial charge < -0.3 is 10.2 Å². The molecule has 1 amide bonds. The van der Waals surface area contributed by atoms with Crippen molar-refractivity contribution in [1.82, 2.24) is 15.3 Å².